The van der Waals surface area contributed by atoms with Crippen molar-refractivity contribution in [1.82, 2.24) is 0 Å². The Balaban J connectivity index is 1.55. The van der Waals surface area contributed by atoms with Gasteiger partial charge in [-0.1, -0.05) is 12.1 Å². The average Bonchev–Trinajstić information content (AvgIpc) is 3.49. The number of nitrogens with one attached hydrogen (secondary N) is 2. The Hall–Kier alpha value is -2.82. The van der Waals surface area contributed by atoms with Gasteiger partial charge in [-0.25, -0.2) is 0 Å². The maximum atomic E-state index is 12.5. The van der Waals surface area contributed by atoms with E-state index < -0.39 is 0 Å². The van der Waals surface area contributed by atoms with Crippen LogP contribution in [0.1, 0.15) is 31.4 Å². The fraction of sp³-hybridized carbons (Fsp3) is 0.391. The van der Waals surface area contributed by atoms with Crippen LogP contribution in [0.2, 0.25) is 0 Å². The van der Waals surface area contributed by atoms with Crippen molar-refractivity contribution in [1.29, 1.82) is 0 Å². The van der Waals surface area contributed by atoms with E-state index >= 15 is 0 Å². The van der Waals surface area contributed by atoms with Crippen molar-refractivity contribution in [3.8, 4) is 0 Å². The smallest absolute Gasteiger partial charge is 0.228 e. The highest BCUT2D eigenvalue weighted by Gasteiger charge is 2.48. The van der Waals surface area contributed by atoms with E-state index in [9.17, 15) is 9.59 Å². The van der Waals surface area contributed by atoms with E-state index in [-0.39, 0.29) is 23.7 Å². The van der Waals surface area contributed by atoms with E-state index in [0.717, 1.165) is 41.3 Å². The van der Waals surface area contributed by atoms with E-state index in [1.165, 1.54) is 0 Å². The lowest BCUT2D eigenvalue weighted by Gasteiger charge is -2.21. The van der Waals surface area contributed by atoms with Crippen LogP contribution < -0.4 is 15.5 Å². The maximum Gasteiger partial charge on any atom is 0.228 e. The Morgan fingerprint density at radius 2 is 1.54 bits per heavy atom. The summed E-state index contributed by atoms with van der Waals surface area (Å²) in [4.78, 5) is 27.2. The van der Waals surface area contributed by atoms with Gasteiger partial charge in [-0.3, -0.25) is 9.59 Å². The summed E-state index contributed by atoms with van der Waals surface area (Å²) in [5.41, 5.74) is 4.92. The van der Waals surface area contributed by atoms with E-state index in [1.807, 2.05) is 56.3 Å². The first-order chi connectivity index (χ1) is 13.4. The monoisotopic (exact) mass is 379 g/mol. The summed E-state index contributed by atoms with van der Waals surface area (Å²) in [6.45, 7) is 10.1. The first kappa shape index (κ1) is 19.9. The Morgan fingerprint density at radius 1 is 0.929 bits per heavy atom. The Bertz CT molecular complexity index is 857. The van der Waals surface area contributed by atoms with Gasteiger partial charge in [-0.15, -0.1) is 0 Å². The Kier molecular flexibility index (Phi) is 6.02. The minimum absolute atomic E-state index is 0.0780. The number of nitrogens with zero attached hydrogens (tertiary/aromatic N) is 1. The summed E-state index contributed by atoms with van der Waals surface area (Å²) in [6, 6.07) is 13.7. The molecule has 2 aromatic rings. The summed E-state index contributed by atoms with van der Waals surface area (Å²) < 4.78 is 0. The fourth-order valence-corrected chi connectivity index (χ4v) is 3.47. The zero-order chi connectivity index (χ0) is 20.3. The highest BCUT2D eigenvalue weighted by molar-refractivity contribution is 6.03. The van der Waals surface area contributed by atoms with Crippen molar-refractivity contribution in [2.24, 2.45) is 11.8 Å². The van der Waals surface area contributed by atoms with E-state index in [1.54, 1.807) is 0 Å². The van der Waals surface area contributed by atoms with Crippen LogP contribution in [-0.2, 0) is 9.59 Å². The summed E-state index contributed by atoms with van der Waals surface area (Å²) in [5, 5.41) is 5.91. The predicted molar refractivity (Wildman–Crippen MR) is 115 cm³/mol. The molecule has 2 N–H and O–H groups in total. The van der Waals surface area contributed by atoms with Gasteiger partial charge in [0.05, 0.1) is 11.8 Å². The first-order valence-corrected chi connectivity index (χ1v) is 9.97. The molecule has 1 saturated carbocycles. The van der Waals surface area contributed by atoms with Crippen molar-refractivity contribution in [3.05, 3.63) is 53.6 Å². The van der Waals surface area contributed by atoms with Crippen LogP contribution in [0.25, 0.3) is 0 Å². The van der Waals surface area contributed by atoms with Gasteiger partial charge in [0.1, 0.15) is 0 Å². The molecule has 3 rings (SSSR count). The molecule has 5 nitrogen and oxygen atoms in total. The molecule has 2 aromatic carbocycles. The molecule has 0 bridgehead atoms. The van der Waals surface area contributed by atoms with Crippen LogP contribution in [0.3, 0.4) is 0 Å². The number of hydrogen-bond acceptors (Lipinski definition) is 3. The van der Waals surface area contributed by atoms with Gasteiger partial charge in [-0.05, 0) is 75.6 Å². The fourth-order valence-electron chi connectivity index (χ4n) is 3.47. The largest absolute Gasteiger partial charge is 0.372 e. The number of aryl methyl sites for hydroxylation is 1. The van der Waals surface area contributed by atoms with Gasteiger partial charge in [0.2, 0.25) is 11.8 Å². The number of rotatable bonds is 7. The molecule has 0 saturated heterocycles. The molecule has 0 radical (unpaired) electrons. The number of amides is 2. The third-order valence-corrected chi connectivity index (χ3v) is 5.59. The van der Waals surface area contributed by atoms with E-state index in [0.29, 0.717) is 6.42 Å². The number of carbonyl (C=O) groups is 2. The van der Waals surface area contributed by atoms with Crippen molar-refractivity contribution >= 4 is 28.9 Å². The molecular weight excluding hydrogens is 350 g/mol. The first-order valence-electron chi connectivity index (χ1n) is 9.97. The number of benzene rings is 2. The zero-order valence-electron chi connectivity index (χ0n) is 17.1. The molecule has 5 heteroatoms. The van der Waals surface area contributed by atoms with Gasteiger partial charge in [0.15, 0.2) is 0 Å². The molecule has 0 spiro atoms. The normalized spacial score (nSPS) is 17.7. The molecule has 0 heterocycles. The highest BCUT2D eigenvalue weighted by atomic mass is 16.2. The second-order valence-corrected chi connectivity index (χ2v) is 7.39. The lowest BCUT2D eigenvalue weighted by molar-refractivity contribution is -0.122. The molecular formula is C23H29N3O2. The molecule has 1 fully saturated rings. The minimum atomic E-state index is -0.257. The van der Waals surface area contributed by atoms with Gasteiger partial charge in [0.25, 0.3) is 0 Å². The Morgan fingerprint density at radius 3 is 2.14 bits per heavy atom. The molecule has 2 unspecified atom stereocenters. The van der Waals surface area contributed by atoms with Gasteiger partial charge in [0, 0.05) is 30.2 Å². The predicted octanol–water partition coefficient (Wildman–Crippen LogP) is 4.36. The highest BCUT2D eigenvalue weighted by Crippen LogP contribution is 2.40. The number of carbonyl (C=O) groups excluding carboxylic acids is 2. The van der Waals surface area contributed by atoms with Crippen LogP contribution in [0.4, 0.5) is 17.1 Å². The van der Waals surface area contributed by atoms with Crippen LogP contribution in [0.5, 0.6) is 0 Å². The molecule has 0 aromatic heterocycles. The molecule has 2 amide bonds. The average molecular weight is 380 g/mol. The number of anilines is 3. The lowest BCUT2D eigenvalue weighted by Crippen LogP contribution is -2.22. The SMILES string of the molecule is CCN(CC)c1ccc(NC(=O)C2CC2C(=O)Nc2cccc(C)c2C)cc1. The second-order valence-electron chi connectivity index (χ2n) is 7.39. The van der Waals surface area contributed by atoms with Gasteiger partial charge in [-0.2, -0.15) is 0 Å². The quantitative estimate of drug-likeness (QED) is 0.751. The third-order valence-electron chi connectivity index (χ3n) is 5.59. The van der Waals surface area contributed by atoms with Crippen LogP contribution >= 0.6 is 0 Å². The number of hydrogen-bond donors (Lipinski definition) is 2. The third kappa shape index (κ3) is 4.35. The topological polar surface area (TPSA) is 61.4 Å². The molecule has 0 aliphatic heterocycles. The molecule has 2 atom stereocenters. The molecule has 28 heavy (non-hydrogen) atoms. The van der Waals surface area contributed by atoms with Crippen LogP contribution in [0, 0.1) is 25.7 Å². The summed E-state index contributed by atoms with van der Waals surface area (Å²) >= 11 is 0. The van der Waals surface area contributed by atoms with Crippen molar-refractivity contribution in [2.45, 2.75) is 34.1 Å². The van der Waals surface area contributed by atoms with Gasteiger partial charge >= 0.3 is 0 Å². The lowest BCUT2D eigenvalue weighted by atomic mass is 10.1. The molecule has 148 valence electrons. The molecule has 1 aliphatic rings. The van der Waals surface area contributed by atoms with Crippen molar-refractivity contribution in [3.63, 3.8) is 0 Å². The molecule has 1 aliphatic carbocycles. The summed E-state index contributed by atoms with van der Waals surface area (Å²) in [5.74, 6) is -0.676. The van der Waals surface area contributed by atoms with E-state index in [4.69, 9.17) is 0 Å². The van der Waals surface area contributed by atoms with Crippen LogP contribution in [-0.4, -0.2) is 24.9 Å². The van der Waals surface area contributed by atoms with E-state index in [2.05, 4.69) is 29.4 Å². The minimum Gasteiger partial charge on any atom is -0.372 e. The van der Waals surface area contributed by atoms with Crippen LogP contribution in [0.15, 0.2) is 42.5 Å². The van der Waals surface area contributed by atoms with Crippen molar-refractivity contribution in [2.75, 3.05) is 28.6 Å². The van der Waals surface area contributed by atoms with Gasteiger partial charge < -0.3 is 15.5 Å². The zero-order valence-corrected chi connectivity index (χ0v) is 17.1. The Labute approximate surface area is 167 Å². The summed E-state index contributed by atoms with van der Waals surface area (Å²) in [7, 11) is 0. The second kappa shape index (κ2) is 8.46. The van der Waals surface area contributed by atoms with Crippen molar-refractivity contribution < 1.29 is 9.59 Å². The standard InChI is InChI=1S/C23H29N3O2/c1-5-26(6-2)18-12-10-17(11-13-18)24-22(27)19-14-20(19)23(28)25-21-9-7-8-15(3)16(21)4/h7-13,19-20H,5-6,14H2,1-4H3,(H,24,27)(H,25,28). The summed E-state index contributed by atoms with van der Waals surface area (Å²) in [6.07, 6.45) is 0.597. The maximum absolute atomic E-state index is 12.5.